The molecule has 0 spiro atoms. The fourth-order valence-corrected chi connectivity index (χ4v) is 2.57. The second kappa shape index (κ2) is 8.04. The summed E-state index contributed by atoms with van der Waals surface area (Å²) in [4.78, 5) is 2.60. The van der Waals surface area contributed by atoms with E-state index in [1.54, 1.807) is 7.11 Å². The van der Waals surface area contributed by atoms with Crippen molar-refractivity contribution in [2.24, 2.45) is 5.73 Å². The summed E-state index contributed by atoms with van der Waals surface area (Å²) in [6, 6.07) is 0.776. The molecule has 0 aliphatic heterocycles. The Bertz CT molecular complexity index is 169. The van der Waals surface area contributed by atoms with E-state index in [9.17, 15) is 0 Å². The molecule has 0 amide bonds. The molecule has 1 unspecified atom stereocenters. The summed E-state index contributed by atoms with van der Waals surface area (Å²) in [6.45, 7) is 5.14. The van der Waals surface area contributed by atoms with Crippen LogP contribution < -0.4 is 5.73 Å². The molecule has 0 radical (unpaired) electrons. The molecule has 1 fully saturated rings. The highest BCUT2D eigenvalue weighted by molar-refractivity contribution is 4.77. The highest BCUT2D eigenvalue weighted by atomic mass is 16.5. The first-order valence-electron chi connectivity index (χ1n) is 6.74. The topological polar surface area (TPSA) is 38.5 Å². The standard InChI is InChI=1S/C13H28N2O/c1-12(16-2)11-15(10-6-9-14)13-7-4-3-5-8-13/h12-13H,3-11,14H2,1-2H3. The molecule has 1 aliphatic carbocycles. The summed E-state index contributed by atoms with van der Waals surface area (Å²) in [5.74, 6) is 0. The molecule has 1 saturated carbocycles. The molecule has 0 aromatic rings. The maximum atomic E-state index is 5.61. The quantitative estimate of drug-likeness (QED) is 0.724. The van der Waals surface area contributed by atoms with Crippen LogP contribution in [0.2, 0.25) is 0 Å². The van der Waals surface area contributed by atoms with Crippen molar-refractivity contribution in [1.29, 1.82) is 0 Å². The summed E-state index contributed by atoms with van der Waals surface area (Å²) in [6.07, 6.45) is 8.37. The van der Waals surface area contributed by atoms with Gasteiger partial charge in [-0.2, -0.15) is 0 Å². The number of nitrogens with two attached hydrogens (primary N) is 1. The van der Waals surface area contributed by atoms with Crippen LogP contribution in [0.25, 0.3) is 0 Å². The van der Waals surface area contributed by atoms with Gasteiger partial charge in [0, 0.05) is 19.7 Å². The Kier molecular flexibility index (Phi) is 7.01. The molecule has 0 heterocycles. The van der Waals surface area contributed by atoms with E-state index in [4.69, 9.17) is 10.5 Å². The molecule has 0 aromatic carbocycles. The number of nitrogens with zero attached hydrogens (tertiary/aromatic N) is 1. The second-order valence-electron chi connectivity index (χ2n) is 4.98. The maximum Gasteiger partial charge on any atom is 0.0670 e. The average molecular weight is 228 g/mol. The van der Waals surface area contributed by atoms with Gasteiger partial charge >= 0.3 is 0 Å². The summed E-state index contributed by atoms with van der Waals surface area (Å²) in [7, 11) is 1.80. The van der Waals surface area contributed by atoms with Crippen LogP contribution in [-0.2, 0) is 4.74 Å². The molecule has 0 aromatic heterocycles. The van der Waals surface area contributed by atoms with Crippen LogP contribution in [0.15, 0.2) is 0 Å². The average Bonchev–Trinajstić information content (AvgIpc) is 2.35. The van der Waals surface area contributed by atoms with Crippen LogP contribution in [0.3, 0.4) is 0 Å². The lowest BCUT2D eigenvalue weighted by molar-refractivity contribution is 0.0504. The maximum absolute atomic E-state index is 5.61. The molecule has 2 N–H and O–H groups in total. The van der Waals surface area contributed by atoms with E-state index in [-0.39, 0.29) is 0 Å². The molecule has 3 nitrogen and oxygen atoms in total. The number of hydrogen-bond donors (Lipinski definition) is 1. The monoisotopic (exact) mass is 228 g/mol. The van der Waals surface area contributed by atoms with E-state index in [1.165, 1.54) is 32.1 Å². The molecule has 1 rings (SSSR count). The second-order valence-corrected chi connectivity index (χ2v) is 4.98. The van der Waals surface area contributed by atoms with Crippen molar-refractivity contribution < 1.29 is 4.74 Å². The Morgan fingerprint density at radius 2 is 2.00 bits per heavy atom. The van der Waals surface area contributed by atoms with Gasteiger partial charge < -0.3 is 10.5 Å². The lowest BCUT2D eigenvalue weighted by atomic mass is 9.94. The number of rotatable bonds is 7. The first-order chi connectivity index (χ1) is 7.77. The van der Waals surface area contributed by atoms with Crippen LogP contribution in [-0.4, -0.2) is 43.8 Å². The Morgan fingerprint density at radius 3 is 2.56 bits per heavy atom. The molecule has 1 aliphatic rings. The molecule has 0 saturated heterocycles. The Morgan fingerprint density at radius 1 is 1.31 bits per heavy atom. The minimum atomic E-state index is 0.333. The largest absolute Gasteiger partial charge is 0.380 e. The van der Waals surface area contributed by atoms with Gasteiger partial charge in [0.15, 0.2) is 0 Å². The molecule has 16 heavy (non-hydrogen) atoms. The van der Waals surface area contributed by atoms with Crippen molar-refractivity contribution >= 4 is 0 Å². The van der Waals surface area contributed by atoms with Gasteiger partial charge in [0.1, 0.15) is 0 Å². The molecule has 0 bridgehead atoms. The van der Waals surface area contributed by atoms with E-state index >= 15 is 0 Å². The van der Waals surface area contributed by atoms with E-state index in [2.05, 4.69) is 11.8 Å². The highest BCUT2D eigenvalue weighted by Gasteiger charge is 2.21. The smallest absolute Gasteiger partial charge is 0.0670 e. The lowest BCUT2D eigenvalue weighted by Gasteiger charge is -2.35. The van der Waals surface area contributed by atoms with Gasteiger partial charge in [0.05, 0.1) is 6.10 Å². The molecule has 3 heteroatoms. The van der Waals surface area contributed by atoms with Crippen molar-refractivity contribution in [3.63, 3.8) is 0 Å². The van der Waals surface area contributed by atoms with Gasteiger partial charge in [0.2, 0.25) is 0 Å². The van der Waals surface area contributed by atoms with Gasteiger partial charge in [-0.05, 0) is 39.3 Å². The number of ether oxygens (including phenoxy) is 1. The molecular formula is C13H28N2O. The van der Waals surface area contributed by atoms with E-state index in [0.29, 0.717) is 6.10 Å². The fourth-order valence-electron chi connectivity index (χ4n) is 2.57. The molecule has 1 atom stereocenters. The summed E-state index contributed by atoms with van der Waals surface area (Å²) < 4.78 is 5.38. The van der Waals surface area contributed by atoms with E-state index in [1.807, 2.05) is 0 Å². The third kappa shape index (κ3) is 4.81. The highest BCUT2D eigenvalue weighted by Crippen LogP contribution is 2.23. The zero-order chi connectivity index (χ0) is 11.8. The van der Waals surface area contributed by atoms with E-state index < -0.39 is 0 Å². The molecular weight excluding hydrogens is 200 g/mol. The zero-order valence-corrected chi connectivity index (χ0v) is 11.0. The van der Waals surface area contributed by atoms with Gasteiger partial charge in [0.25, 0.3) is 0 Å². The SMILES string of the molecule is COC(C)CN(CCCN)C1CCCCC1. The summed E-state index contributed by atoms with van der Waals surface area (Å²) >= 11 is 0. The van der Waals surface area contributed by atoms with Crippen molar-refractivity contribution in [3.8, 4) is 0 Å². The number of hydrogen-bond acceptors (Lipinski definition) is 3. The minimum absolute atomic E-state index is 0.333. The normalized spacial score (nSPS) is 20.2. The van der Waals surface area contributed by atoms with Crippen molar-refractivity contribution in [1.82, 2.24) is 4.90 Å². The Labute approximate surface area is 100 Å². The Hall–Kier alpha value is -0.120. The zero-order valence-electron chi connectivity index (χ0n) is 11.0. The Balaban J connectivity index is 2.40. The third-order valence-corrected chi connectivity index (χ3v) is 3.63. The fraction of sp³-hybridized carbons (Fsp3) is 1.00. The third-order valence-electron chi connectivity index (χ3n) is 3.63. The van der Waals surface area contributed by atoms with Gasteiger partial charge in [-0.3, -0.25) is 4.90 Å². The first kappa shape index (κ1) is 13.9. The lowest BCUT2D eigenvalue weighted by Crippen LogP contribution is -2.42. The first-order valence-corrected chi connectivity index (χ1v) is 6.74. The van der Waals surface area contributed by atoms with Gasteiger partial charge in [-0.15, -0.1) is 0 Å². The summed E-state index contributed by atoms with van der Waals surface area (Å²) in [5, 5.41) is 0. The van der Waals surface area contributed by atoms with Crippen LogP contribution in [0.4, 0.5) is 0 Å². The predicted octanol–water partition coefficient (Wildman–Crippen LogP) is 2.00. The van der Waals surface area contributed by atoms with Crippen molar-refractivity contribution in [2.45, 2.75) is 57.6 Å². The predicted molar refractivity (Wildman–Crippen MR) is 68.6 cm³/mol. The van der Waals surface area contributed by atoms with Crippen molar-refractivity contribution in [3.05, 3.63) is 0 Å². The van der Waals surface area contributed by atoms with Crippen LogP contribution in [0, 0.1) is 0 Å². The molecule has 96 valence electrons. The van der Waals surface area contributed by atoms with Gasteiger partial charge in [-0.25, -0.2) is 0 Å². The van der Waals surface area contributed by atoms with Crippen LogP contribution >= 0.6 is 0 Å². The van der Waals surface area contributed by atoms with Crippen LogP contribution in [0.1, 0.15) is 45.4 Å². The minimum Gasteiger partial charge on any atom is -0.380 e. The van der Waals surface area contributed by atoms with E-state index in [0.717, 1.165) is 32.1 Å². The number of methoxy groups -OCH3 is 1. The van der Waals surface area contributed by atoms with Gasteiger partial charge in [-0.1, -0.05) is 19.3 Å². The van der Waals surface area contributed by atoms with Crippen molar-refractivity contribution in [2.75, 3.05) is 26.7 Å². The van der Waals surface area contributed by atoms with Crippen LogP contribution in [0.5, 0.6) is 0 Å². The summed E-state index contributed by atoms with van der Waals surface area (Å²) in [5.41, 5.74) is 5.61.